The van der Waals surface area contributed by atoms with Crippen molar-refractivity contribution in [2.24, 2.45) is 0 Å². The lowest BCUT2D eigenvalue weighted by Crippen LogP contribution is -2.55. The highest BCUT2D eigenvalue weighted by Crippen LogP contribution is 2.33. The van der Waals surface area contributed by atoms with Gasteiger partial charge in [0.05, 0.1) is 17.6 Å². The van der Waals surface area contributed by atoms with Crippen molar-refractivity contribution >= 4 is 27.7 Å². The van der Waals surface area contributed by atoms with Crippen LogP contribution in [0.3, 0.4) is 0 Å². The zero-order valence-electron chi connectivity index (χ0n) is 24.6. The van der Waals surface area contributed by atoms with E-state index < -0.39 is 32.7 Å². The normalized spacial score (nSPS) is 16.1. The van der Waals surface area contributed by atoms with Crippen LogP contribution in [0.5, 0.6) is 5.75 Å². The molecule has 5 rings (SSSR count). The number of aromatic nitrogens is 3. The van der Waals surface area contributed by atoms with Gasteiger partial charge in [-0.15, -0.1) is 10.2 Å². The lowest BCUT2D eigenvalue weighted by Gasteiger charge is -2.39. The first-order valence-corrected chi connectivity index (χ1v) is 16.7. The molecule has 1 aliphatic heterocycles. The number of sulfonamides is 1. The summed E-state index contributed by atoms with van der Waals surface area (Å²) in [7, 11) is -2.57. The molecular formula is C31H32F3N5O4S2. The number of rotatable bonds is 10. The first-order chi connectivity index (χ1) is 21.5. The predicted octanol–water partition coefficient (Wildman–Crippen LogP) is 5.76. The molecule has 14 heteroatoms. The van der Waals surface area contributed by atoms with Crippen LogP contribution in [-0.2, 0) is 21.0 Å². The second-order valence-corrected chi connectivity index (χ2v) is 13.4. The maximum absolute atomic E-state index is 13.2. The summed E-state index contributed by atoms with van der Waals surface area (Å²) in [5.74, 6) is 1.84. The molecule has 4 aromatic rings. The number of piperazine rings is 1. The number of ether oxygens (including phenoxy) is 1. The number of methoxy groups -OCH3 is 1. The fourth-order valence-corrected chi connectivity index (χ4v) is 7.71. The van der Waals surface area contributed by atoms with Crippen molar-refractivity contribution in [2.45, 2.75) is 42.0 Å². The number of alkyl halides is 3. The first-order valence-electron chi connectivity index (χ1n) is 14.2. The second-order valence-electron chi connectivity index (χ2n) is 10.5. The summed E-state index contributed by atoms with van der Waals surface area (Å²) in [6.07, 6.45) is -3.85. The highest BCUT2D eigenvalue weighted by atomic mass is 32.2. The molecule has 1 saturated heterocycles. The molecule has 1 aliphatic rings. The van der Waals surface area contributed by atoms with Crippen LogP contribution in [0.25, 0.3) is 17.1 Å². The van der Waals surface area contributed by atoms with Gasteiger partial charge >= 0.3 is 6.18 Å². The molecule has 0 N–H and O–H groups in total. The molecule has 0 aliphatic carbocycles. The van der Waals surface area contributed by atoms with Crippen LogP contribution in [0.1, 0.15) is 25.3 Å². The lowest BCUT2D eigenvalue weighted by molar-refractivity contribution is -0.137. The number of hydrogen-bond donors (Lipinski definition) is 0. The Morgan fingerprint density at radius 2 is 1.76 bits per heavy atom. The minimum Gasteiger partial charge on any atom is -0.497 e. The van der Waals surface area contributed by atoms with Crippen LogP contribution >= 0.6 is 11.8 Å². The SMILES string of the molecule is COc1cccc(-c2nnc(SCCCC(=O)N3CCN(S(=O)(=O)c4cccc(C(F)(F)F)c4)C(C)C3)n2-c2ccccc2)c1. The molecule has 0 radical (unpaired) electrons. The van der Waals surface area contributed by atoms with Gasteiger partial charge in [0.1, 0.15) is 5.75 Å². The third-order valence-electron chi connectivity index (χ3n) is 7.43. The van der Waals surface area contributed by atoms with Gasteiger partial charge in [-0.2, -0.15) is 17.5 Å². The van der Waals surface area contributed by atoms with E-state index in [-0.39, 0.29) is 32.0 Å². The average Bonchev–Trinajstić information content (AvgIpc) is 3.47. The van der Waals surface area contributed by atoms with Gasteiger partial charge in [0.2, 0.25) is 15.9 Å². The third kappa shape index (κ3) is 7.34. The van der Waals surface area contributed by atoms with Crippen LogP contribution in [0.4, 0.5) is 13.2 Å². The van der Waals surface area contributed by atoms with Crippen molar-refractivity contribution in [3.05, 3.63) is 84.4 Å². The lowest BCUT2D eigenvalue weighted by atomic mass is 10.2. The Hall–Kier alpha value is -3.88. The number of halogens is 3. The van der Waals surface area contributed by atoms with E-state index in [1.165, 1.54) is 16.1 Å². The molecule has 1 amide bonds. The largest absolute Gasteiger partial charge is 0.497 e. The van der Waals surface area contributed by atoms with Gasteiger partial charge in [-0.1, -0.05) is 48.2 Å². The topological polar surface area (TPSA) is 97.6 Å². The fraction of sp³-hybridized carbons (Fsp3) is 0.323. The molecule has 1 fully saturated rings. The van der Waals surface area contributed by atoms with Gasteiger partial charge in [-0.05, 0) is 55.8 Å². The molecule has 0 bridgehead atoms. The van der Waals surface area contributed by atoms with Crippen molar-refractivity contribution in [3.8, 4) is 22.8 Å². The molecular weight excluding hydrogens is 627 g/mol. The molecule has 0 saturated carbocycles. The van der Waals surface area contributed by atoms with E-state index in [1.807, 2.05) is 59.2 Å². The second kappa shape index (κ2) is 13.6. The first kappa shape index (κ1) is 32.5. The Balaban J connectivity index is 1.19. The molecule has 9 nitrogen and oxygen atoms in total. The average molecular weight is 660 g/mol. The summed E-state index contributed by atoms with van der Waals surface area (Å²) in [4.78, 5) is 14.2. The minimum atomic E-state index is -4.66. The molecule has 238 valence electrons. The number of thioether (sulfide) groups is 1. The van der Waals surface area contributed by atoms with Crippen molar-refractivity contribution in [1.82, 2.24) is 24.0 Å². The summed E-state index contributed by atoms with van der Waals surface area (Å²) in [5.41, 5.74) is 0.711. The molecule has 0 spiro atoms. The number of benzene rings is 3. The van der Waals surface area contributed by atoms with Crippen molar-refractivity contribution in [3.63, 3.8) is 0 Å². The van der Waals surface area contributed by atoms with E-state index >= 15 is 0 Å². The summed E-state index contributed by atoms with van der Waals surface area (Å²) >= 11 is 1.48. The van der Waals surface area contributed by atoms with E-state index in [0.717, 1.165) is 29.4 Å². The Labute approximate surface area is 264 Å². The molecule has 1 unspecified atom stereocenters. The van der Waals surface area contributed by atoms with Gasteiger partial charge in [-0.3, -0.25) is 9.36 Å². The number of amides is 1. The smallest absolute Gasteiger partial charge is 0.416 e. The molecule has 1 atom stereocenters. The summed E-state index contributed by atoms with van der Waals surface area (Å²) in [6.45, 7) is 1.95. The summed E-state index contributed by atoms with van der Waals surface area (Å²) in [6, 6.07) is 20.4. The van der Waals surface area contributed by atoms with Crippen molar-refractivity contribution in [1.29, 1.82) is 0 Å². The summed E-state index contributed by atoms with van der Waals surface area (Å²) in [5, 5.41) is 9.56. The number of carbonyl (C=O) groups excluding carboxylic acids is 1. The van der Waals surface area contributed by atoms with Crippen LogP contribution in [0, 0.1) is 0 Å². The standard InChI is InChI=1S/C31H32F3N5O4S2/c1-22-21-37(16-17-38(22)45(41,42)27-14-7-10-24(20-27)31(32,33)34)28(40)15-8-18-44-30-36-35-29(23-9-6-13-26(19-23)43-2)39(30)25-11-4-3-5-12-25/h3-7,9-14,19-20,22H,8,15-18,21H2,1-2H3. The Bertz CT molecular complexity index is 1750. The van der Waals surface area contributed by atoms with E-state index in [9.17, 15) is 26.4 Å². The summed E-state index contributed by atoms with van der Waals surface area (Å²) < 4.78 is 74.4. The molecule has 45 heavy (non-hydrogen) atoms. The van der Waals surface area contributed by atoms with E-state index in [1.54, 1.807) is 18.9 Å². The Morgan fingerprint density at radius 3 is 2.47 bits per heavy atom. The maximum Gasteiger partial charge on any atom is 0.416 e. The van der Waals surface area contributed by atoms with Crippen LogP contribution in [0.2, 0.25) is 0 Å². The fourth-order valence-electron chi connectivity index (χ4n) is 5.16. The zero-order valence-corrected chi connectivity index (χ0v) is 26.3. The highest BCUT2D eigenvalue weighted by Gasteiger charge is 2.37. The van der Waals surface area contributed by atoms with Gasteiger partial charge in [0.25, 0.3) is 0 Å². The number of nitrogens with zero attached hydrogens (tertiary/aromatic N) is 5. The molecule has 1 aromatic heterocycles. The van der Waals surface area contributed by atoms with E-state index in [4.69, 9.17) is 4.74 Å². The monoisotopic (exact) mass is 659 g/mol. The zero-order chi connectivity index (χ0) is 32.2. The molecule has 2 heterocycles. The van der Waals surface area contributed by atoms with Gasteiger partial charge in [0.15, 0.2) is 11.0 Å². The molecule has 3 aromatic carbocycles. The van der Waals surface area contributed by atoms with E-state index in [0.29, 0.717) is 35.0 Å². The predicted molar refractivity (Wildman–Crippen MR) is 165 cm³/mol. The Morgan fingerprint density at radius 1 is 1.00 bits per heavy atom. The minimum absolute atomic E-state index is 0.00648. The third-order valence-corrected chi connectivity index (χ3v) is 10.5. The van der Waals surface area contributed by atoms with Gasteiger partial charge < -0.3 is 9.64 Å². The Kier molecular flexibility index (Phi) is 9.85. The number of carbonyl (C=O) groups is 1. The maximum atomic E-state index is 13.2. The highest BCUT2D eigenvalue weighted by molar-refractivity contribution is 7.99. The quantitative estimate of drug-likeness (QED) is 0.158. The van der Waals surface area contributed by atoms with Gasteiger partial charge in [0, 0.05) is 49.1 Å². The van der Waals surface area contributed by atoms with Crippen LogP contribution < -0.4 is 4.74 Å². The number of hydrogen-bond acceptors (Lipinski definition) is 7. The van der Waals surface area contributed by atoms with Crippen LogP contribution in [-0.4, -0.2) is 76.8 Å². The number of para-hydroxylation sites is 1. The van der Waals surface area contributed by atoms with Gasteiger partial charge in [-0.25, -0.2) is 8.42 Å². The van der Waals surface area contributed by atoms with Crippen molar-refractivity contribution < 1.29 is 31.1 Å². The van der Waals surface area contributed by atoms with E-state index in [2.05, 4.69) is 10.2 Å². The van der Waals surface area contributed by atoms with Crippen LogP contribution in [0.15, 0.2) is 88.9 Å². The van der Waals surface area contributed by atoms with Crippen molar-refractivity contribution in [2.75, 3.05) is 32.5 Å².